The molecule has 0 N–H and O–H groups in total. The van der Waals surface area contributed by atoms with Crippen LogP contribution in [0.4, 0.5) is 0 Å². The molecule has 1 aliphatic rings. The molecule has 0 bridgehead atoms. The Morgan fingerprint density at radius 1 is 0.446 bits per heavy atom. The number of benzene rings is 8. The summed E-state index contributed by atoms with van der Waals surface area (Å²) in [6, 6.07) is 67.6. The fourth-order valence-electron chi connectivity index (χ4n) is 9.38. The van der Waals surface area contributed by atoms with Gasteiger partial charge in [-0.25, -0.2) is 9.97 Å². The van der Waals surface area contributed by atoms with E-state index >= 15 is 0 Å². The van der Waals surface area contributed by atoms with Crippen LogP contribution in [0.1, 0.15) is 44.5 Å². The summed E-state index contributed by atoms with van der Waals surface area (Å²) in [5, 5.41) is 7.29. The lowest BCUT2D eigenvalue weighted by atomic mass is 9.99. The van der Waals surface area contributed by atoms with Gasteiger partial charge in [-0.3, -0.25) is 4.57 Å². The molecule has 0 saturated carbocycles. The van der Waals surface area contributed by atoms with Crippen molar-refractivity contribution in [2.45, 2.75) is 34.1 Å². The molecule has 0 aliphatic heterocycles. The number of aromatic nitrogens is 4. The molecule has 0 atom stereocenters. The summed E-state index contributed by atoms with van der Waals surface area (Å²) >= 11 is 0. The van der Waals surface area contributed by atoms with Crippen molar-refractivity contribution in [2.75, 3.05) is 0 Å². The summed E-state index contributed by atoms with van der Waals surface area (Å²) in [6.07, 6.45) is 11.0. The third-order valence-corrected chi connectivity index (χ3v) is 12.3. The van der Waals surface area contributed by atoms with E-state index in [0.717, 1.165) is 40.1 Å². The molecule has 0 spiro atoms. The van der Waals surface area contributed by atoms with Crippen LogP contribution in [0.5, 0.6) is 0 Å². The van der Waals surface area contributed by atoms with E-state index in [1.807, 2.05) is 52.0 Å². The van der Waals surface area contributed by atoms with Crippen LogP contribution in [0.25, 0.3) is 100 Å². The van der Waals surface area contributed by atoms with Crippen LogP contribution in [0, 0.1) is 0 Å². The van der Waals surface area contributed by atoms with Crippen molar-refractivity contribution in [1.29, 1.82) is 0 Å². The average Bonchev–Trinajstić information content (AvgIpc) is 4.07. The molecule has 3 aromatic heterocycles. The third kappa shape index (κ3) is 7.43. The highest BCUT2D eigenvalue weighted by Gasteiger charge is 2.25. The second-order valence-electron chi connectivity index (χ2n) is 16.0. The van der Waals surface area contributed by atoms with Crippen molar-refractivity contribution < 1.29 is 0 Å². The molecule has 0 saturated heterocycles. The minimum Gasteiger partial charge on any atom is -0.309 e. The molecule has 1 aliphatic carbocycles. The largest absolute Gasteiger partial charge is 0.309 e. The zero-order chi connectivity index (χ0) is 44.3. The van der Waals surface area contributed by atoms with E-state index in [2.05, 4.69) is 203 Å². The number of hydrogen-bond acceptors (Lipinski definition) is 2. The summed E-state index contributed by atoms with van der Waals surface area (Å²) in [5.74, 6) is 0.677. The van der Waals surface area contributed by atoms with Crippen LogP contribution in [0.2, 0.25) is 0 Å². The fourth-order valence-corrected chi connectivity index (χ4v) is 9.38. The van der Waals surface area contributed by atoms with Crippen molar-refractivity contribution in [1.82, 2.24) is 19.1 Å². The van der Waals surface area contributed by atoms with Crippen molar-refractivity contribution >= 4 is 66.0 Å². The Morgan fingerprint density at radius 3 is 1.69 bits per heavy atom. The van der Waals surface area contributed by atoms with Gasteiger partial charge in [-0.05, 0) is 101 Å². The molecule has 8 aromatic carbocycles. The molecular formula is C61H50N4. The van der Waals surface area contributed by atoms with Gasteiger partial charge < -0.3 is 4.57 Å². The lowest BCUT2D eigenvalue weighted by molar-refractivity contribution is 0.972. The fraction of sp³-hybridized carbons (Fsp3) is 0.0820. The minimum atomic E-state index is 0.677. The van der Waals surface area contributed by atoms with Crippen molar-refractivity contribution in [2.24, 2.45) is 0 Å². The summed E-state index contributed by atoms with van der Waals surface area (Å²) in [7, 11) is 0. The number of rotatable bonds is 6. The van der Waals surface area contributed by atoms with Crippen molar-refractivity contribution in [3.63, 3.8) is 0 Å². The standard InChI is InChI=1S/C53H34N4.C6H10.C2H6/c1-4-14-34(15-5-1)39-32-44-46(33-39)54-53(55-52(44)36-17-6-2-7-18-36)57-49-28-26-38(31-45(49)51-41-21-11-10-16-35(41)24-29-50(51)57)37-25-27-48-43(30-37)42-22-12-13-23-47(42)56(48)40-19-8-3-9-20-40;1-3-5-6-4-2;1-2/h1-31,33H,32H2;3-6H,1-2H3;1-2H3/b;5-3-,6-4-;. The van der Waals surface area contributed by atoms with Gasteiger partial charge in [-0.1, -0.05) is 178 Å². The Labute approximate surface area is 380 Å². The van der Waals surface area contributed by atoms with Crippen LogP contribution in [0.15, 0.2) is 212 Å². The quantitative estimate of drug-likeness (QED) is 0.156. The monoisotopic (exact) mass is 838 g/mol. The summed E-state index contributed by atoms with van der Waals surface area (Å²) in [4.78, 5) is 10.8. The van der Waals surface area contributed by atoms with E-state index in [-0.39, 0.29) is 0 Å². The lowest BCUT2D eigenvalue weighted by Gasteiger charge is -2.13. The molecule has 0 amide bonds. The average molecular weight is 839 g/mol. The lowest BCUT2D eigenvalue weighted by Crippen LogP contribution is -2.06. The molecule has 12 rings (SSSR count). The number of fused-ring (bicyclic) bond motifs is 9. The summed E-state index contributed by atoms with van der Waals surface area (Å²) in [6.45, 7) is 8.00. The SMILES string of the molecule is C/C=C\C=C/C.C1=C(c2ccccc2)Cc2c1nc(-n1c3ccc(-c4ccc5c(c4)c4ccccc4n5-c4ccccc4)cc3c3c4ccccc4ccc31)nc2-c1ccccc1.CC. The molecule has 0 fully saturated rings. The first-order chi connectivity index (χ1) is 32.2. The second-order valence-corrected chi connectivity index (χ2v) is 16.0. The minimum absolute atomic E-state index is 0.677. The van der Waals surface area contributed by atoms with Gasteiger partial charge >= 0.3 is 0 Å². The summed E-state index contributed by atoms with van der Waals surface area (Å²) in [5.41, 5.74) is 14.8. The van der Waals surface area contributed by atoms with Gasteiger partial charge in [0.25, 0.3) is 0 Å². The Bertz CT molecular complexity index is 3580. The predicted octanol–water partition coefficient (Wildman–Crippen LogP) is 16.4. The van der Waals surface area contributed by atoms with Gasteiger partial charge in [0.05, 0.1) is 33.5 Å². The first-order valence-electron chi connectivity index (χ1n) is 22.7. The van der Waals surface area contributed by atoms with Crippen LogP contribution in [0.3, 0.4) is 0 Å². The smallest absolute Gasteiger partial charge is 0.235 e. The summed E-state index contributed by atoms with van der Waals surface area (Å²) < 4.78 is 4.65. The first-order valence-corrected chi connectivity index (χ1v) is 22.7. The van der Waals surface area contributed by atoms with Gasteiger partial charge in [0.1, 0.15) is 0 Å². The molecular weight excluding hydrogens is 789 g/mol. The van der Waals surface area contributed by atoms with Crippen molar-refractivity contribution in [3.05, 3.63) is 229 Å². The van der Waals surface area contributed by atoms with Crippen LogP contribution >= 0.6 is 0 Å². The highest BCUT2D eigenvalue weighted by atomic mass is 15.2. The van der Waals surface area contributed by atoms with Gasteiger partial charge in [-0.15, -0.1) is 0 Å². The van der Waals surface area contributed by atoms with E-state index in [4.69, 9.17) is 9.97 Å². The Balaban J connectivity index is 0.000000579. The van der Waals surface area contributed by atoms with Crippen LogP contribution in [-0.2, 0) is 6.42 Å². The van der Waals surface area contributed by atoms with E-state index in [0.29, 0.717) is 5.95 Å². The zero-order valence-electron chi connectivity index (χ0n) is 37.3. The third-order valence-electron chi connectivity index (χ3n) is 12.3. The number of hydrogen-bond donors (Lipinski definition) is 0. The molecule has 4 heteroatoms. The normalized spacial score (nSPS) is 12.2. The molecule has 3 heterocycles. The Kier molecular flexibility index (Phi) is 11.3. The maximum Gasteiger partial charge on any atom is 0.235 e. The topological polar surface area (TPSA) is 35.6 Å². The molecule has 0 radical (unpaired) electrons. The number of allylic oxidation sites excluding steroid dienone is 5. The van der Waals surface area contributed by atoms with Gasteiger partial charge in [0.15, 0.2) is 0 Å². The molecule has 314 valence electrons. The van der Waals surface area contributed by atoms with Gasteiger partial charge in [0.2, 0.25) is 5.95 Å². The highest BCUT2D eigenvalue weighted by Crippen LogP contribution is 2.42. The van der Waals surface area contributed by atoms with E-state index in [1.54, 1.807) is 0 Å². The molecule has 11 aromatic rings. The van der Waals surface area contributed by atoms with Crippen LogP contribution in [-0.4, -0.2) is 19.1 Å². The highest BCUT2D eigenvalue weighted by molar-refractivity contribution is 6.22. The van der Waals surface area contributed by atoms with E-state index in [1.165, 1.54) is 71.2 Å². The Morgan fingerprint density at radius 2 is 1.00 bits per heavy atom. The van der Waals surface area contributed by atoms with Crippen molar-refractivity contribution in [3.8, 4) is 34.0 Å². The second kappa shape index (κ2) is 18.0. The maximum absolute atomic E-state index is 5.45. The number of para-hydroxylation sites is 2. The van der Waals surface area contributed by atoms with Crippen LogP contribution < -0.4 is 0 Å². The molecule has 0 unspecified atom stereocenters. The maximum atomic E-state index is 5.45. The molecule has 65 heavy (non-hydrogen) atoms. The van der Waals surface area contributed by atoms with E-state index < -0.39 is 0 Å². The van der Waals surface area contributed by atoms with E-state index in [9.17, 15) is 0 Å². The number of nitrogens with zero attached hydrogens (tertiary/aromatic N) is 4. The van der Waals surface area contributed by atoms with Gasteiger partial charge in [-0.2, -0.15) is 0 Å². The first kappa shape index (κ1) is 41.0. The Hall–Kier alpha value is -8.08. The molecule has 4 nitrogen and oxygen atoms in total. The zero-order valence-corrected chi connectivity index (χ0v) is 37.3. The van der Waals surface area contributed by atoms with Gasteiger partial charge in [0, 0.05) is 44.8 Å². The predicted molar refractivity (Wildman–Crippen MR) is 278 cm³/mol.